The van der Waals surface area contributed by atoms with Gasteiger partial charge in [0.1, 0.15) is 5.82 Å². The van der Waals surface area contributed by atoms with Gasteiger partial charge in [0, 0.05) is 17.3 Å². The monoisotopic (exact) mass is 375 g/mol. The quantitative estimate of drug-likeness (QED) is 0.591. The summed E-state index contributed by atoms with van der Waals surface area (Å²) in [4.78, 5) is 23.9. The Labute approximate surface area is 156 Å². The van der Waals surface area contributed by atoms with Gasteiger partial charge in [-0.2, -0.15) is 0 Å². The smallest absolute Gasteiger partial charge is 0.331 e. The highest BCUT2D eigenvalue weighted by Gasteiger charge is 2.17. The lowest BCUT2D eigenvalue weighted by Crippen LogP contribution is -2.29. The number of esters is 1. The van der Waals surface area contributed by atoms with Crippen LogP contribution in [0.2, 0.25) is 5.02 Å². The van der Waals surface area contributed by atoms with E-state index >= 15 is 0 Å². The molecule has 0 spiro atoms. The van der Waals surface area contributed by atoms with E-state index < -0.39 is 23.8 Å². The third-order valence-corrected chi connectivity index (χ3v) is 4.01. The normalized spacial score (nSPS) is 12.0. The summed E-state index contributed by atoms with van der Waals surface area (Å²) >= 11 is 5.87. The first-order valence-electron chi connectivity index (χ1n) is 8.13. The zero-order valence-electron chi connectivity index (χ0n) is 14.5. The molecule has 4 nitrogen and oxygen atoms in total. The number of hydrogen-bond donors (Lipinski definition) is 1. The summed E-state index contributed by atoms with van der Waals surface area (Å²) in [6, 6.07) is 11.6. The summed E-state index contributed by atoms with van der Waals surface area (Å²) in [6.07, 6.45) is 2.15. The Morgan fingerprint density at radius 3 is 2.54 bits per heavy atom. The number of amides is 1. The van der Waals surface area contributed by atoms with Crippen LogP contribution < -0.4 is 5.32 Å². The van der Waals surface area contributed by atoms with E-state index in [1.807, 2.05) is 19.1 Å². The highest BCUT2D eigenvalue weighted by molar-refractivity contribution is 6.32. The molecule has 0 heterocycles. The average Bonchev–Trinajstić information content (AvgIpc) is 2.61. The molecule has 1 amide bonds. The van der Waals surface area contributed by atoms with Crippen molar-refractivity contribution in [3.8, 4) is 0 Å². The predicted octanol–water partition coefficient (Wildman–Crippen LogP) is 4.63. The zero-order chi connectivity index (χ0) is 19.1. The van der Waals surface area contributed by atoms with E-state index in [2.05, 4.69) is 5.32 Å². The standard InChI is InChI=1S/C20H19ClFNO3/c1-3-14-7-9-15(10-8-14)23-20(25)13(2)26-19(24)12-11-16-17(21)5-4-6-18(16)22/h4-13H,3H2,1-2H3,(H,23,25)/b12-11+/t13-/m0/s1. The molecular formula is C20H19ClFNO3. The molecule has 2 rings (SSSR count). The molecule has 0 aliphatic heterocycles. The van der Waals surface area contributed by atoms with Crippen molar-refractivity contribution in [2.45, 2.75) is 26.4 Å². The van der Waals surface area contributed by atoms with E-state index in [1.165, 1.54) is 31.2 Å². The van der Waals surface area contributed by atoms with Crippen LogP contribution in [-0.4, -0.2) is 18.0 Å². The van der Waals surface area contributed by atoms with Gasteiger partial charge in [0.15, 0.2) is 6.10 Å². The number of nitrogens with one attached hydrogen (secondary N) is 1. The predicted molar refractivity (Wildman–Crippen MR) is 100 cm³/mol. The van der Waals surface area contributed by atoms with Gasteiger partial charge in [0.25, 0.3) is 5.91 Å². The van der Waals surface area contributed by atoms with Gasteiger partial charge in [-0.1, -0.05) is 36.7 Å². The molecule has 2 aromatic carbocycles. The van der Waals surface area contributed by atoms with E-state index in [4.69, 9.17) is 16.3 Å². The molecule has 0 saturated carbocycles. The summed E-state index contributed by atoms with van der Waals surface area (Å²) in [6.45, 7) is 3.49. The number of carbonyl (C=O) groups excluding carboxylic acids is 2. The van der Waals surface area contributed by atoms with Gasteiger partial charge in [-0.3, -0.25) is 4.79 Å². The number of carbonyl (C=O) groups is 2. The second kappa shape index (κ2) is 9.15. The second-order valence-electron chi connectivity index (χ2n) is 5.59. The van der Waals surface area contributed by atoms with Crippen molar-refractivity contribution in [2.24, 2.45) is 0 Å². The molecule has 0 saturated heterocycles. The van der Waals surface area contributed by atoms with Gasteiger partial charge in [-0.05, 0) is 49.2 Å². The maximum absolute atomic E-state index is 13.6. The molecule has 26 heavy (non-hydrogen) atoms. The van der Waals surface area contributed by atoms with E-state index in [1.54, 1.807) is 12.1 Å². The van der Waals surface area contributed by atoms with Crippen LogP contribution >= 0.6 is 11.6 Å². The zero-order valence-corrected chi connectivity index (χ0v) is 15.2. The Hall–Kier alpha value is -2.66. The third kappa shape index (κ3) is 5.43. The lowest BCUT2D eigenvalue weighted by atomic mass is 10.1. The van der Waals surface area contributed by atoms with Crippen LogP contribution in [0.25, 0.3) is 6.08 Å². The summed E-state index contributed by atoms with van der Waals surface area (Å²) in [5, 5.41) is 2.85. The van der Waals surface area contributed by atoms with Crippen LogP contribution in [0.15, 0.2) is 48.5 Å². The number of halogens is 2. The van der Waals surface area contributed by atoms with E-state index in [0.29, 0.717) is 5.69 Å². The minimum atomic E-state index is -1.01. The number of rotatable bonds is 6. The second-order valence-corrected chi connectivity index (χ2v) is 5.99. The van der Waals surface area contributed by atoms with Gasteiger partial charge in [0.2, 0.25) is 0 Å². The fourth-order valence-electron chi connectivity index (χ4n) is 2.16. The van der Waals surface area contributed by atoms with Crippen molar-refractivity contribution in [3.05, 3.63) is 70.5 Å². The van der Waals surface area contributed by atoms with Crippen LogP contribution in [0.5, 0.6) is 0 Å². The van der Waals surface area contributed by atoms with Crippen molar-refractivity contribution in [3.63, 3.8) is 0 Å². The lowest BCUT2D eigenvalue weighted by Gasteiger charge is -2.12. The molecule has 136 valence electrons. The topological polar surface area (TPSA) is 55.4 Å². The van der Waals surface area contributed by atoms with Gasteiger partial charge in [0.05, 0.1) is 5.02 Å². The maximum atomic E-state index is 13.6. The van der Waals surface area contributed by atoms with Crippen LogP contribution in [0, 0.1) is 5.82 Å². The molecule has 6 heteroatoms. The van der Waals surface area contributed by atoms with E-state index in [0.717, 1.165) is 18.1 Å². The summed E-state index contributed by atoms with van der Waals surface area (Å²) in [7, 11) is 0. The SMILES string of the molecule is CCc1ccc(NC(=O)[C@H](C)OC(=O)/C=C/c2c(F)cccc2Cl)cc1. The van der Waals surface area contributed by atoms with Gasteiger partial charge >= 0.3 is 5.97 Å². The number of ether oxygens (including phenoxy) is 1. The molecule has 0 unspecified atom stereocenters. The molecule has 2 aromatic rings. The Bertz CT molecular complexity index is 798. The molecule has 0 aliphatic rings. The van der Waals surface area contributed by atoms with E-state index in [9.17, 15) is 14.0 Å². The Kier molecular flexibility index (Phi) is 6.92. The van der Waals surface area contributed by atoms with Gasteiger partial charge in [-0.25, -0.2) is 9.18 Å². The Balaban J connectivity index is 1.93. The number of aryl methyl sites for hydroxylation is 1. The van der Waals surface area contributed by atoms with Gasteiger partial charge in [-0.15, -0.1) is 0 Å². The molecule has 0 fully saturated rings. The molecule has 0 radical (unpaired) electrons. The molecule has 0 aromatic heterocycles. The molecule has 1 N–H and O–H groups in total. The minimum Gasteiger partial charge on any atom is -0.449 e. The van der Waals surface area contributed by atoms with Crippen molar-refractivity contribution in [1.29, 1.82) is 0 Å². The van der Waals surface area contributed by atoms with Crippen LogP contribution in [0.3, 0.4) is 0 Å². The molecule has 0 bridgehead atoms. The summed E-state index contributed by atoms with van der Waals surface area (Å²) in [5.74, 6) is -1.78. The van der Waals surface area contributed by atoms with Crippen molar-refractivity contribution in [1.82, 2.24) is 0 Å². The third-order valence-electron chi connectivity index (χ3n) is 3.68. The average molecular weight is 376 g/mol. The Morgan fingerprint density at radius 2 is 1.92 bits per heavy atom. The van der Waals surface area contributed by atoms with Crippen LogP contribution in [0.4, 0.5) is 10.1 Å². The van der Waals surface area contributed by atoms with Crippen molar-refractivity contribution >= 4 is 35.2 Å². The molecular weight excluding hydrogens is 357 g/mol. The lowest BCUT2D eigenvalue weighted by molar-refractivity contribution is -0.148. The van der Waals surface area contributed by atoms with Crippen LogP contribution in [-0.2, 0) is 20.7 Å². The number of benzene rings is 2. The largest absolute Gasteiger partial charge is 0.449 e. The first-order valence-corrected chi connectivity index (χ1v) is 8.51. The first kappa shape index (κ1) is 19.7. The first-order chi connectivity index (χ1) is 12.4. The summed E-state index contributed by atoms with van der Waals surface area (Å²) in [5.41, 5.74) is 1.85. The Morgan fingerprint density at radius 1 is 1.23 bits per heavy atom. The minimum absolute atomic E-state index is 0.0826. The van der Waals surface area contributed by atoms with Gasteiger partial charge < -0.3 is 10.1 Å². The molecule has 0 aliphatic carbocycles. The molecule has 1 atom stereocenters. The number of anilines is 1. The fourth-order valence-corrected chi connectivity index (χ4v) is 2.38. The maximum Gasteiger partial charge on any atom is 0.331 e. The van der Waals surface area contributed by atoms with Crippen molar-refractivity contribution in [2.75, 3.05) is 5.32 Å². The highest BCUT2D eigenvalue weighted by Crippen LogP contribution is 2.20. The van der Waals surface area contributed by atoms with E-state index in [-0.39, 0.29) is 10.6 Å². The fraction of sp³-hybridized carbons (Fsp3) is 0.200. The number of hydrogen-bond acceptors (Lipinski definition) is 3. The van der Waals surface area contributed by atoms with Crippen LogP contribution in [0.1, 0.15) is 25.0 Å². The highest BCUT2D eigenvalue weighted by atomic mass is 35.5. The summed E-state index contributed by atoms with van der Waals surface area (Å²) < 4.78 is 18.7. The van der Waals surface area contributed by atoms with Crippen molar-refractivity contribution < 1.29 is 18.7 Å².